The van der Waals surface area contributed by atoms with Gasteiger partial charge in [0.15, 0.2) is 0 Å². The predicted molar refractivity (Wildman–Crippen MR) is 71.0 cm³/mol. The minimum atomic E-state index is -0.147. The highest BCUT2D eigenvalue weighted by Gasteiger charge is 2.21. The number of imidazole rings is 1. The van der Waals surface area contributed by atoms with E-state index < -0.39 is 0 Å². The van der Waals surface area contributed by atoms with E-state index >= 15 is 0 Å². The van der Waals surface area contributed by atoms with Crippen LogP contribution in [0.2, 0.25) is 5.02 Å². The van der Waals surface area contributed by atoms with Crippen molar-refractivity contribution in [1.29, 1.82) is 0 Å². The van der Waals surface area contributed by atoms with Crippen molar-refractivity contribution >= 4 is 11.6 Å². The van der Waals surface area contributed by atoms with Gasteiger partial charge in [0, 0.05) is 11.6 Å². The van der Waals surface area contributed by atoms with Gasteiger partial charge < -0.3 is 10.3 Å². The van der Waals surface area contributed by atoms with Crippen LogP contribution in [0.4, 0.5) is 0 Å². The van der Waals surface area contributed by atoms with Crippen molar-refractivity contribution in [3.63, 3.8) is 0 Å². The Morgan fingerprint density at radius 2 is 1.94 bits per heavy atom. The third-order valence-electron chi connectivity index (χ3n) is 2.93. The standard InChI is InChI=1S/C13H16ClN3/c1-13(2,8-15)17-9-16-7-12(17)10-3-5-11(14)6-4-10/h3-7,9H,8,15H2,1-2H3. The summed E-state index contributed by atoms with van der Waals surface area (Å²) in [5, 5.41) is 0.734. The van der Waals surface area contributed by atoms with Crippen LogP contribution in [0.1, 0.15) is 13.8 Å². The van der Waals surface area contributed by atoms with Gasteiger partial charge in [0.05, 0.1) is 23.8 Å². The molecule has 0 aliphatic carbocycles. The quantitative estimate of drug-likeness (QED) is 0.909. The molecule has 17 heavy (non-hydrogen) atoms. The third kappa shape index (κ3) is 2.35. The number of nitrogens with two attached hydrogens (primary N) is 1. The van der Waals surface area contributed by atoms with E-state index in [0.29, 0.717) is 6.54 Å². The molecule has 0 atom stereocenters. The van der Waals surface area contributed by atoms with E-state index in [-0.39, 0.29) is 5.54 Å². The molecule has 0 radical (unpaired) electrons. The minimum absolute atomic E-state index is 0.147. The second-order valence-electron chi connectivity index (χ2n) is 4.67. The van der Waals surface area contributed by atoms with Gasteiger partial charge in [-0.15, -0.1) is 0 Å². The van der Waals surface area contributed by atoms with Crippen molar-refractivity contribution in [2.75, 3.05) is 6.54 Å². The second kappa shape index (κ2) is 4.51. The fraction of sp³-hybridized carbons (Fsp3) is 0.308. The molecular weight excluding hydrogens is 234 g/mol. The minimum Gasteiger partial charge on any atom is -0.328 e. The monoisotopic (exact) mass is 249 g/mol. The maximum absolute atomic E-state index is 5.89. The van der Waals surface area contributed by atoms with Gasteiger partial charge in [0.2, 0.25) is 0 Å². The highest BCUT2D eigenvalue weighted by atomic mass is 35.5. The summed E-state index contributed by atoms with van der Waals surface area (Å²) >= 11 is 5.89. The van der Waals surface area contributed by atoms with Crippen LogP contribution in [0.25, 0.3) is 11.3 Å². The van der Waals surface area contributed by atoms with Gasteiger partial charge in [0.1, 0.15) is 0 Å². The first-order chi connectivity index (χ1) is 8.04. The Bertz CT molecular complexity index is 500. The molecule has 0 spiro atoms. The Morgan fingerprint density at radius 3 is 2.53 bits per heavy atom. The average molecular weight is 250 g/mol. The lowest BCUT2D eigenvalue weighted by Crippen LogP contribution is -2.34. The van der Waals surface area contributed by atoms with Gasteiger partial charge >= 0.3 is 0 Å². The van der Waals surface area contributed by atoms with Crippen LogP contribution in [0, 0.1) is 0 Å². The number of rotatable bonds is 3. The number of hydrogen-bond donors (Lipinski definition) is 1. The summed E-state index contributed by atoms with van der Waals surface area (Å²) < 4.78 is 2.09. The van der Waals surface area contributed by atoms with Crippen LogP contribution in [0.3, 0.4) is 0 Å². The van der Waals surface area contributed by atoms with Crippen molar-refractivity contribution < 1.29 is 0 Å². The van der Waals surface area contributed by atoms with Crippen LogP contribution < -0.4 is 5.73 Å². The summed E-state index contributed by atoms with van der Waals surface area (Å²) in [6.07, 6.45) is 3.66. The number of aromatic nitrogens is 2. The molecule has 3 nitrogen and oxygen atoms in total. The maximum atomic E-state index is 5.89. The topological polar surface area (TPSA) is 43.8 Å². The maximum Gasteiger partial charge on any atom is 0.0956 e. The summed E-state index contributed by atoms with van der Waals surface area (Å²) in [5.41, 5.74) is 7.80. The smallest absolute Gasteiger partial charge is 0.0956 e. The molecule has 0 fully saturated rings. The molecule has 0 saturated carbocycles. The van der Waals surface area contributed by atoms with Crippen LogP contribution in [0.5, 0.6) is 0 Å². The molecule has 0 amide bonds. The van der Waals surface area contributed by atoms with Crippen molar-refractivity contribution in [1.82, 2.24) is 9.55 Å². The fourth-order valence-electron chi connectivity index (χ4n) is 1.71. The van der Waals surface area contributed by atoms with E-state index in [1.807, 2.05) is 36.8 Å². The van der Waals surface area contributed by atoms with Crippen LogP contribution in [-0.4, -0.2) is 16.1 Å². The molecular formula is C13H16ClN3. The summed E-state index contributed by atoms with van der Waals surface area (Å²) in [7, 11) is 0. The van der Waals surface area contributed by atoms with Gasteiger partial charge in [-0.1, -0.05) is 23.7 Å². The van der Waals surface area contributed by atoms with E-state index in [2.05, 4.69) is 23.4 Å². The molecule has 2 rings (SSSR count). The number of halogens is 1. The first kappa shape index (κ1) is 12.1. The van der Waals surface area contributed by atoms with E-state index in [1.165, 1.54) is 0 Å². The van der Waals surface area contributed by atoms with Crippen LogP contribution in [-0.2, 0) is 5.54 Å². The molecule has 90 valence electrons. The zero-order valence-electron chi connectivity index (χ0n) is 10.0. The van der Waals surface area contributed by atoms with Gasteiger partial charge in [-0.3, -0.25) is 0 Å². The Kier molecular flexibility index (Phi) is 3.22. The Labute approximate surface area is 106 Å². The van der Waals surface area contributed by atoms with Gasteiger partial charge in [0.25, 0.3) is 0 Å². The number of hydrogen-bond acceptors (Lipinski definition) is 2. The summed E-state index contributed by atoms with van der Waals surface area (Å²) in [6, 6.07) is 7.73. The Hall–Kier alpha value is -1.32. The second-order valence-corrected chi connectivity index (χ2v) is 5.11. The Morgan fingerprint density at radius 1 is 1.29 bits per heavy atom. The van der Waals surface area contributed by atoms with E-state index in [4.69, 9.17) is 17.3 Å². The van der Waals surface area contributed by atoms with Gasteiger partial charge in [-0.05, 0) is 31.5 Å². The molecule has 0 saturated heterocycles. The van der Waals surface area contributed by atoms with Crippen LogP contribution in [0.15, 0.2) is 36.8 Å². The van der Waals surface area contributed by atoms with Crippen molar-refractivity contribution in [3.05, 3.63) is 41.8 Å². The normalized spacial score (nSPS) is 11.8. The van der Waals surface area contributed by atoms with Crippen molar-refractivity contribution in [2.45, 2.75) is 19.4 Å². The molecule has 0 aliphatic rings. The van der Waals surface area contributed by atoms with Crippen molar-refractivity contribution in [2.24, 2.45) is 5.73 Å². The molecule has 1 aromatic carbocycles. The predicted octanol–water partition coefficient (Wildman–Crippen LogP) is 2.90. The average Bonchev–Trinajstić information content (AvgIpc) is 2.80. The van der Waals surface area contributed by atoms with E-state index in [1.54, 1.807) is 0 Å². The lowest BCUT2D eigenvalue weighted by atomic mass is 10.0. The van der Waals surface area contributed by atoms with Crippen molar-refractivity contribution in [3.8, 4) is 11.3 Å². The zero-order chi connectivity index (χ0) is 12.5. The van der Waals surface area contributed by atoms with Gasteiger partial charge in [-0.25, -0.2) is 4.98 Å². The lowest BCUT2D eigenvalue weighted by molar-refractivity contribution is 0.370. The molecule has 1 heterocycles. The SMILES string of the molecule is CC(C)(CN)n1cncc1-c1ccc(Cl)cc1. The highest BCUT2D eigenvalue weighted by molar-refractivity contribution is 6.30. The van der Waals surface area contributed by atoms with Crippen LogP contribution >= 0.6 is 11.6 Å². The van der Waals surface area contributed by atoms with E-state index in [9.17, 15) is 0 Å². The fourth-order valence-corrected chi connectivity index (χ4v) is 1.84. The summed E-state index contributed by atoms with van der Waals surface area (Å²) in [5.74, 6) is 0. The number of nitrogens with zero attached hydrogens (tertiary/aromatic N) is 2. The molecule has 2 N–H and O–H groups in total. The van der Waals surface area contributed by atoms with E-state index in [0.717, 1.165) is 16.3 Å². The molecule has 2 aromatic rings. The Balaban J connectivity index is 2.47. The highest BCUT2D eigenvalue weighted by Crippen LogP contribution is 2.26. The molecule has 0 bridgehead atoms. The van der Waals surface area contributed by atoms with Gasteiger partial charge in [-0.2, -0.15) is 0 Å². The summed E-state index contributed by atoms with van der Waals surface area (Å²) in [4.78, 5) is 4.21. The first-order valence-electron chi connectivity index (χ1n) is 5.53. The molecule has 0 aliphatic heterocycles. The molecule has 0 unspecified atom stereocenters. The third-order valence-corrected chi connectivity index (χ3v) is 3.18. The summed E-state index contributed by atoms with van der Waals surface area (Å²) in [6.45, 7) is 4.74. The molecule has 1 aromatic heterocycles. The molecule has 4 heteroatoms. The largest absolute Gasteiger partial charge is 0.328 e. The number of benzene rings is 1. The lowest BCUT2D eigenvalue weighted by Gasteiger charge is -2.26. The first-order valence-corrected chi connectivity index (χ1v) is 5.91. The zero-order valence-corrected chi connectivity index (χ0v) is 10.8.